The highest BCUT2D eigenvalue weighted by atomic mass is 16.4. The average molecular weight is 227 g/mol. The van der Waals surface area contributed by atoms with Gasteiger partial charge in [0.15, 0.2) is 0 Å². The molecule has 1 rings (SSSR count). The molecule has 3 heteroatoms. The van der Waals surface area contributed by atoms with Crippen molar-refractivity contribution in [3.63, 3.8) is 0 Å². The third-order valence-electron chi connectivity index (χ3n) is 3.61. The molecular weight excluding hydrogens is 202 g/mol. The van der Waals surface area contributed by atoms with Crippen molar-refractivity contribution >= 4 is 5.97 Å². The van der Waals surface area contributed by atoms with Crippen LogP contribution in [-0.2, 0) is 4.79 Å². The van der Waals surface area contributed by atoms with E-state index in [1.165, 1.54) is 19.5 Å². The quantitative estimate of drug-likeness (QED) is 0.709. The Morgan fingerprint density at radius 2 is 2.12 bits per heavy atom. The Hall–Kier alpha value is -0.570. The molecule has 0 bridgehead atoms. The summed E-state index contributed by atoms with van der Waals surface area (Å²) in [4.78, 5) is 13.4. The zero-order chi connectivity index (χ0) is 12.2. The van der Waals surface area contributed by atoms with E-state index >= 15 is 0 Å². The lowest BCUT2D eigenvalue weighted by Crippen LogP contribution is -2.25. The fraction of sp³-hybridized carbons (Fsp3) is 0.923. The number of hydrogen-bond donors (Lipinski definition) is 1. The van der Waals surface area contributed by atoms with E-state index in [0.717, 1.165) is 31.7 Å². The molecule has 1 aliphatic rings. The van der Waals surface area contributed by atoms with Crippen molar-refractivity contribution in [2.24, 2.45) is 11.3 Å². The molecule has 0 aromatic heterocycles. The first-order valence-corrected chi connectivity index (χ1v) is 6.37. The summed E-state index contributed by atoms with van der Waals surface area (Å²) < 4.78 is 0. The molecule has 0 amide bonds. The molecule has 1 saturated heterocycles. The van der Waals surface area contributed by atoms with Crippen LogP contribution in [0.2, 0.25) is 0 Å². The Bertz CT molecular complexity index is 238. The summed E-state index contributed by atoms with van der Waals surface area (Å²) in [6.45, 7) is 9.51. The van der Waals surface area contributed by atoms with Gasteiger partial charge in [-0.2, -0.15) is 0 Å². The summed E-state index contributed by atoms with van der Waals surface area (Å²) in [5, 5.41) is 8.98. The fourth-order valence-electron chi connectivity index (χ4n) is 2.24. The maximum Gasteiger partial charge on any atom is 0.309 e. The van der Waals surface area contributed by atoms with Crippen LogP contribution in [0.3, 0.4) is 0 Å². The summed E-state index contributed by atoms with van der Waals surface area (Å²) in [6.07, 6.45) is 4.25. The first-order chi connectivity index (χ1) is 7.42. The molecule has 1 unspecified atom stereocenters. The normalized spacial score (nSPS) is 22.6. The smallest absolute Gasteiger partial charge is 0.309 e. The first kappa shape index (κ1) is 13.5. The highest BCUT2D eigenvalue weighted by molar-refractivity contribution is 5.73. The Kier molecular flexibility index (Phi) is 4.78. The van der Waals surface area contributed by atoms with E-state index in [9.17, 15) is 4.79 Å². The van der Waals surface area contributed by atoms with E-state index in [1.54, 1.807) is 0 Å². The van der Waals surface area contributed by atoms with Gasteiger partial charge in [-0.3, -0.25) is 4.79 Å². The molecule has 1 atom stereocenters. The molecule has 0 spiro atoms. The molecule has 3 nitrogen and oxygen atoms in total. The summed E-state index contributed by atoms with van der Waals surface area (Å²) in [5.41, 5.74) is -0.557. The summed E-state index contributed by atoms with van der Waals surface area (Å²) in [5.74, 6) is 0.165. The van der Waals surface area contributed by atoms with Crippen LogP contribution in [0.4, 0.5) is 0 Å². The van der Waals surface area contributed by atoms with Crippen molar-refractivity contribution < 1.29 is 9.90 Å². The Balaban J connectivity index is 2.10. The molecular formula is C13H25NO2. The van der Waals surface area contributed by atoms with Crippen LogP contribution in [0.5, 0.6) is 0 Å². The summed E-state index contributed by atoms with van der Waals surface area (Å²) in [6, 6.07) is 0. The van der Waals surface area contributed by atoms with E-state index in [4.69, 9.17) is 5.11 Å². The Morgan fingerprint density at radius 3 is 2.62 bits per heavy atom. The highest BCUT2D eigenvalue weighted by Gasteiger charge is 2.26. The number of aliphatic carboxylic acids is 1. The molecule has 1 aliphatic heterocycles. The number of nitrogens with zero attached hydrogens (tertiary/aromatic N) is 1. The van der Waals surface area contributed by atoms with Crippen LogP contribution in [0, 0.1) is 11.3 Å². The van der Waals surface area contributed by atoms with Gasteiger partial charge in [0.2, 0.25) is 0 Å². The van der Waals surface area contributed by atoms with E-state index in [-0.39, 0.29) is 0 Å². The predicted molar refractivity (Wildman–Crippen MR) is 65.5 cm³/mol. The van der Waals surface area contributed by atoms with Crippen molar-refractivity contribution in [3.8, 4) is 0 Å². The molecule has 1 fully saturated rings. The Morgan fingerprint density at radius 1 is 1.44 bits per heavy atom. The molecule has 0 saturated carbocycles. The van der Waals surface area contributed by atoms with Crippen LogP contribution in [0.25, 0.3) is 0 Å². The number of rotatable bonds is 6. The van der Waals surface area contributed by atoms with Crippen molar-refractivity contribution in [2.75, 3.05) is 19.6 Å². The summed E-state index contributed by atoms with van der Waals surface area (Å²) in [7, 11) is 0. The standard InChI is InChI=1S/C13H25NO2/c1-11-6-9-14(10-11)8-5-4-7-13(2,3)12(15)16/h11H,4-10H2,1-3H3,(H,15,16). The van der Waals surface area contributed by atoms with E-state index in [0.29, 0.717) is 0 Å². The van der Waals surface area contributed by atoms with Gasteiger partial charge in [-0.1, -0.05) is 13.3 Å². The van der Waals surface area contributed by atoms with Gasteiger partial charge >= 0.3 is 5.97 Å². The lowest BCUT2D eigenvalue weighted by atomic mass is 9.87. The van der Waals surface area contributed by atoms with Crippen LogP contribution >= 0.6 is 0 Å². The van der Waals surface area contributed by atoms with Crippen molar-refractivity contribution in [2.45, 2.75) is 46.5 Å². The molecule has 0 aliphatic carbocycles. The van der Waals surface area contributed by atoms with E-state index in [1.807, 2.05) is 13.8 Å². The van der Waals surface area contributed by atoms with Crippen molar-refractivity contribution in [1.82, 2.24) is 4.90 Å². The van der Waals surface area contributed by atoms with E-state index in [2.05, 4.69) is 11.8 Å². The number of hydrogen-bond acceptors (Lipinski definition) is 2. The number of carbonyl (C=O) groups is 1. The second-order valence-electron chi connectivity index (χ2n) is 5.84. The lowest BCUT2D eigenvalue weighted by Gasteiger charge is -2.20. The topological polar surface area (TPSA) is 40.5 Å². The predicted octanol–water partition coefficient (Wildman–Crippen LogP) is 2.61. The van der Waals surface area contributed by atoms with Gasteiger partial charge in [0.05, 0.1) is 5.41 Å². The SMILES string of the molecule is CC1CCN(CCCCC(C)(C)C(=O)O)C1. The molecule has 0 radical (unpaired) electrons. The molecule has 0 aromatic rings. The minimum atomic E-state index is -0.678. The van der Waals surface area contributed by atoms with Crippen LogP contribution in [-0.4, -0.2) is 35.6 Å². The fourth-order valence-corrected chi connectivity index (χ4v) is 2.24. The minimum Gasteiger partial charge on any atom is -0.481 e. The van der Waals surface area contributed by atoms with Crippen molar-refractivity contribution in [3.05, 3.63) is 0 Å². The molecule has 16 heavy (non-hydrogen) atoms. The third kappa shape index (κ3) is 4.12. The molecule has 94 valence electrons. The molecule has 1 N–H and O–H groups in total. The first-order valence-electron chi connectivity index (χ1n) is 6.37. The number of unbranched alkanes of at least 4 members (excludes halogenated alkanes) is 1. The molecule has 0 aromatic carbocycles. The van der Waals surface area contributed by atoms with Gasteiger partial charge in [0, 0.05) is 6.54 Å². The van der Waals surface area contributed by atoms with E-state index < -0.39 is 11.4 Å². The van der Waals surface area contributed by atoms with Gasteiger partial charge in [0.1, 0.15) is 0 Å². The monoisotopic (exact) mass is 227 g/mol. The average Bonchev–Trinajstić information content (AvgIpc) is 2.59. The van der Waals surface area contributed by atoms with Crippen LogP contribution in [0.1, 0.15) is 46.5 Å². The number of carboxylic acids is 1. The number of carboxylic acid groups (broad SMARTS) is 1. The van der Waals surface area contributed by atoms with Crippen LogP contribution in [0.15, 0.2) is 0 Å². The second-order valence-corrected chi connectivity index (χ2v) is 5.84. The minimum absolute atomic E-state index is 0.557. The Labute approximate surface area is 98.8 Å². The molecule has 1 heterocycles. The van der Waals surface area contributed by atoms with Gasteiger partial charge in [-0.25, -0.2) is 0 Å². The number of likely N-dealkylation sites (tertiary alicyclic amines) is 1. The summed E-state index contributed by atoms with van der Waals surface area (Å²) >= 11 is 0. The van der Waals surface area contributed by atoms with Gasteiger partial charge in [-0.05, 0) is 52.1 Å². The third-order valence-corrected chi connectivity index (χ3v) is 3.61. The second kappa shape index (κ2) is 5.67. The van der Waals surface area contributed by atoms with Crippen LogP contribution < -0.4 is 0 Å². The van der Waals surface area contributed by atoms with Crippen molar-refractivity contribution in [1.29, 1.82) is 0 Å². The van der Waals surface area contributed by atoms with Gasteiger partial charge in [-0.15, -0.1) is 0 Å². The zero-order valence-corrected chi connectivity index (χ0v) is 10.8. The van der Waals surface area contributed by atoms with Gasteiger partial charge < -0.3 is 10.0 Å². The van der Waals surface area contributed by atoms with Gasteiger partial charge in [0.25, 0.3) is 0 Å². The lowest BCUT2D eigenvalue weighted by molar-refractivity contribution is -0.147. The maximum atomic E-state index is 10.9. The zero-order valence-electron chi connectivity index (χ0n) is 10.8. The largest absolute Gasteiger partial charge is 0.481 e. The maximum absolute atomic E-state index is 10.9. The highest BCUT2D eigenvalue weighted by Crippen LogP contribution is 2.24.